The number of esters is 1. The third kappa shape index (κ3) is 4.87. The maximum absolute atomic E-state index is 12.7. The number of nitrogens with zero attached hydrogens (tertiary/aromatic N) is 2. The maximum Gasteiger partial charge on any atom is 0.344 e. The van der Waals surface area contributed by atoms with Crippen LogP contribution in [0.5, 0.6) is 0 Å². The molecule has 1 heterocycles. The van der Waals surface area contributed by atoms with Crippen molar-refractivity contribution in [2.45, 2.75) is 38.1 Å². The number of hydrazine groups is 1. The number of imide groups is 1. The predicted molar refractivity (Wildman–Crippen MR) is 107 cm³/mol. The van der Waals surface area contributed by atoms with Gasteiger partial charge in [-0.05, 0) is 43.7 Å². The van der Waals surface area contributed by atoms with Gasteiger partial charge >= 0.3 is 12.0 Å². The number of nitro groups is 1. The van der Waals surface area contributed by atoms with E-state index in [0.29, 0.717) is 23.8 Å². The van der Waals surface area contributed by atoms with E-state index < -0.39 is 40.9 Å². The van der Waals surface area contributed by atoms with Crippen molar-refractivity contribution < 1.29 is 28.8 Å². The number of carbonyl (C=O) groups is 4. The molecule has 0 atom stereocenters. The highest BCUT2D eigenvalue weighted by Gasteiger charge is 2.52. The van der Waals surface area contributed by atoms with E-state index in [1.165, 1.54) is 24.3 Å². The van der Waals surface area contributed by atoms with Gasteiger partial charge in [-0.1, -0.05) is 19.1 Å². The molecule has 1 aromatic rings. The van der Waals surface area contributed by atoms with Crippen molar-refractivity contribution in [3.8, 4) is 0 Å². The molecule has 0 unspecified atom stereocenters. The minimum atomic E-state index is -0.999. The molecule has 2 N–H and O–H groups in total. The molecular weight excluding hydrogens is 408 g/mol. The van der Waals surface area contributed by atoms with Gasteiger partial charge in [-0.15, -0.1) is 0 Å². The number of ether oxygens (including phenoxy) is 1. The van der Waals surface area contributed by atoms with Gasteiger partial charge in [0, 0.05) is 12.1 Å². The average molecular weight is 430 g/mol. The van der Waals surface area contributed by atoms with Gasteiger partial charge in [0.2, 0.25) is 0 Å². The van der Waals surface area contributed by atoms with E-state index in [4.69, 9.17) is 4.74 Å². The Balaban J connectivity index is 1.52. The van der Waals surface area contributed by atoms with Gasteiger partial charge in [-0.25, -0.2) is 9.59 Å². The average Bonchev–Trinajstić information content (AvgIpc) is 2.97. The Bertz CT molecular complexity index is 951. The summed E-state index contributed by atoms with van der Waals surface area (Å²) in [7, 11) is 0. The van der Waals surface area contributed by atoms with E-state index >= 15 is 0 Å². The Kier molecular flexibility index (Phi) is 6.33. The van der Waals surface area contributed by atoms with Crippen molar-refractivity contribution in [2.24, 2.45) is 5.92 Å². The highest BCUT2D eigenvalue weighted by atomic mass is 16.6. The van der Waals surface area contributed by atoms with Crippen LogP contribution in [0, 0.1) is 16.0 Å². The van der Waals surface area contributed by atoms with Crippen LogP contribution in [0.25, 0.3) is 6.08 Å². The van der Waals surface area contributed by atoms with Gasteiger partial charge in [0.05, 0.1) is 10.5 Å². The molecule has 0 radical (unpaired) electrons. The summed E-state index contributed by atoms with van der Waals surface area (Å²) < 4.78 is 4.78. The summed E-state index contributed by atoms with van der Waals surface area (Å²) in [5, 5.41) is 14.2. The van der Waals surface area contributed by atoms with Crippen molar-refractivity contribution in [3.05, 3.63) is 46.0 Å². The molecule has 0 aromatic heterocycles. The van der Waals surface area contributed by atoms with Crippen LogP contribution in [-0.4, -0.2) is 45.9 Å². The van der Waals surface area contributed by atoms with Crippen molar-refractivity contribution in [1.82, 2.24) is 15.8 Å². The van der Waals surface area contributed by atoms with Gasteiger partial charge in [0.1, 0.15) is 5.54 Å². The molecule has 4 amide bonds. The maximum atomic E-state index is 12.7. The summed E-state index contributed by atoms with van der Waals surface area (Å²) in [6.45, 7) is 1.34. The largest absolute Gasteiger partial charge is 0.452 e. The summed E-state index contributed by atoms with van der Waals surface area (Å²) in [5.41, 5.74) is 1.17. The lowest BCUT2D eigenvalue weighted by Crippen LogP contribution is -2.52. The number of nitrogens with one attached hydrogen (secondary N) is 2. The number of hydrogen-bond donors (Lipinski definition) is 2. The molecular formula is C20H22N4O7. The first-order valence-electron chi connectivity index (χ1n) is 9.76. The second-order valence-corrected chi connectivity index (χ2v) is 7.63. The first-order valence-corrected chi connectivity index (χ1v) is 9.76. The van der Waals surface area contributed by atoms with Crippen LogP contribution in [0.1, 0.15) is 38.2 Å². The fourth-order valence-electron chi connectivity index (χ4n) is 3.61. The fraction of sp³-hybridized carbons (Fsp3) is 0.400. The fourth-order valence-corrected chi connectivity index (χ4v) is 3.61. The summed E-state index contributed by atoms with van der Waals surface area (Å²) in [6, 6.07) is 5.08. The summed E-state index contributed by atoms with van der Waals surface area (Å²) in [5.74, 6) is -1.84. The second kappa shape index (κ2) is 8.94. The van der Waals surface area contributed by atoms with Gasteiger partial charge in [0.15, 0.2) is 6.61 Å². The molecule has 11 heteroatoms. The van der Waals surface area contributed by atoms with E-state index in [1.807, 2.05) is 0 Å². The Morgan fingerprint density at radius 3 is 2.68 bits per heavy atom. The van der Waals surface area contributed by atoms with Gasteiger partial charge in [0.25, 0.3) is 17.5 Å². The molecule has 3 rings (SSSR count). The number of amides is 4. The number of nitro benzene ring substituents is 1. The molecule has 1 aliphatic carbocycles. The molecule has 164 valence electrons. The zero-order valence-corrected chi connectivity index (χ0v) is 16.8. The third-order valence-electron chi connectivity index (χ3n) is 5.40. The number of carbonyl (C=O) groups excluding carboxylic acids is 4. The van der Waals surface area contributed by atoms with E-state index in [0.717, 1.165) is 18.9 Å². The van der Waals surface area contributed by atoms with Crippen LogP contribution < -0.4 is 10.7 Å². The van der Waals surface area contributed by atoms with E-state index in [1.54, 1.807) is 6.07 Å². The first-order chi connectivity index (χ1) is 14.7. The SMILES string of the molecule is CC1CCC2(CC1)NC(=O)N(NC(=O)COC(=O)/C=C/c1ccccc1[N+](=O)[O-])C2=O. The molecule has 31 heavy (non-hydrogen) atoms. The second-order valence-electron chi connectivity index (χ2n) is 7.63. The van der Waals surface area contributed by atoms with E-state index in [9.17, 15) is 29.3 Å². The zero-order chi connectivity index (χ0) is 22.6. The topological polar surface area (TPSA) is 148 Å². The van der Waals surface area contributed by atoms with Crippen LogP contribution in [0.3, 0.4) is 0 Å². The Labute approximate surface area is 177 Å². The smallest absolute Gasteiger partial charge is 0.344 e. The summed E-state index contributed by atoms with van der Waals surface area (Å²) in [4.78, 5) is 59.1. The molecule has 1 saturated heterocycles. The number of hydrogen-bond acceptors (Lipinski definition) is 7. The van der Waals surface area contributed by atoms with Crippen LogP contribution in [0.4, 0.5) is 10.5 Å². The highest BCUT2D eigenvalue weighted by molar-refractivity contribution is 6.08. The van der Waals surface area contributed by atoms with E-state index in [2.05, 4.69) is 17.7 Å². The number of urea groups is 1. The monoisotopic (exact) mass is 430 g/mol. The highest BCUT2D eigenvalue weighted by Crippen LogP contribution is 2.35. The van der Waals surface area contributed by atoms with Crippen LogP contribution in [-0.2, 0) is 19.1 Å². The summed E-state index contributed by atoms with van der Waals surface area (Å²) >= 11 is 0. The minimum Gasteiger partial charge on any atom is -0.452 e. The normalized spacial score (nSPS) is 23.1. The van der Waals surface area contributed by atoms with Gasteiger partial charge in [-0.2, -0.15) is 5.01 Å². The first kappa shape index (κ1) is 21.9. The molecule has 1 spiro atoms. The quantitative estimate of drug-likeness (QED) is 0.229. The molecule has 1 saturated carbocycles. The number of rotatable bonds is 6. The number of benzene rings is 1. The molecule has 0 bridgehead atoms. The molecule has 2 fully saturated rings. The van der Waals surface area contributed by atoms with Crippen LogP contribution in [0.2, 0.25) is 0 Å². The van der Waals surface area contributed by atoms with Crippen molar-refractivity contribution >= 4 is 35.6 Å². The predicted octanol–water partition coefficient (Wildman–Crippen LogP) is 1.68. The molecule has 2 aliphatic rings. The zero-order valence-electron chi connectivity index (χ0n) is 16.8. The standard InChI is InChI=1S/C20H22N4O7/c1-13-8-10-20(11-9-13)18(27)23(19(28)21-20)22-16(25)12-31-17(26)7-6-14-4-2-3-5-15(14)24(29)30/h2-7,13H,8-12H2,1H3,(H,21,28)(H,22,25)/b7-6+. The van der Waals surface area contributed by atoms with Crippen molar-refractivity contribution in [1.29, 1.82) is 0 Å². The minimum absolute atomic E-state index is 0.186. The lowest BCUT2D eigenvalue weighted by atomic mass is 9.77. The Morgan fingerprint density at radius 1 is 1.32 bits per heavy atom. The van der Waals surface area contributed by atoms with E-state index in [-0.39, 0.29) is 11.3 Å². The Hall–Kier alpha value is -3.76. The Morgan fingerprint density at radius 2 is 2.00 bits per heavy atom. The lowest BCUT2D eigenvalue weighted by molar-refractivity contribution is -0.385. The van der Waals surface area contributed by atoms with Gasteiger partial charge < -0.3 is 10.1 Å². The lowest BCUT2D eigenvalue weighted by Gasteiger charge is -2.33. The van der Waals surface area contributed by atoms with Gasteiger partial charge in [-0.3, -0.25) is 25.1 Å². The molecule has 11 nitrogen and oxygen atoms in total. The summed E-state index contributed by atoms with van der Waals surface area (Å²) in [6.07, 6.45) is 4.72. The van der Waals surface area contributed by atoms with Crippen LogP contribution >= 0.6 is 0 Å². The van der Waals surface area contributed by atoms with Crippen molar-refractivity contribution in [2.75, 3.05) is 6.61 Å². The van der Waals surface area contributed by atoms with Crippen molar-refractivity contribution in [3.63, 3.8) is 0 Å². The number of para-hydroxylation sites is 1. The molecule has 1 aliphatic heterocycles. The third-order valence-corrected chi connectivity index (χ3v) is 5.40. The molecule has 1 aromatic carbocycles. The van der Waals surface area contributed by atoms with Crippen LogP contribution in [0.15, 0.2) is 30.3 Å².